The van der Waals surface area contributed by atoms with E-state index in [9.17, 15) is 14.4 Å². The van der Waals surface area contributed by atoms with Gasteiger partial charge in [0.05, 0.1) is 24.3 Å². The molecule has 0 spiro atoms. The van der Waals surface area contributed by atoms with Crippen molar-refractivity contribution in [1.29, 1.82) is 0 Å². The molecule has 0 N–H and O–H groups in total. The van der Waals surface area contributed by atoms with E-state index in [1.807, 2.05) is 6.07 Å². The molecule has 1 aliphatic carbocycles. The topological polar surface area (TPSA) is 76.2 Å². The van der Waals surface area contributed by atoms with E-state index in [1.54, 1.807) is 30.3 Å². The molecule has 2 aromatic rings. The Labute approximate surface area is 265 Å². The van der Waals surface area contributed by atoms with Crippen molar-refractivity contribution >= 4 is 17.7 Å². The Bertz CT molecular complexity index is 1190. The second-order valence-electron chi connectivity index (χ2n) is 11.9. The highest BCUT2D eigenvalue weighted by molar-refractivity contribution is 6.25. The Balaban J connectivity index is 1.59. The maximum atomic E-state index is 13.4. The molecular weight excluding hydrogens is 552 g/mol. The van der Waals surface area contributed by atoms with Crippen LogP contribution in [0.5, 0.6) is 0 Å². The molecule has 0 radical (unpaired) electrons. The van der Waals surface area contributed by atoms with Crippen LogP contribution in [0.4, 0.5) is 0 Å². The van der Waals surface area contributed by atoms with Crippen LogP contribution in [-0.4, -0.2) is 80.0 Å². The molecule has 0 aliphatic heterocycles. The summed E-state index contributed by atoms with van der Waals surface area (Å²) in [5.74, 6) is -1.10. The molecule has 0 atom stereocenters. The Morgan fingerprint density at radius 1 is 0.591 bits per heavy atom. The number of fused-ring (bicyclic) bond motifs is 3. The zero-order valence-corrected chi connectivity index (χ0v) is 27.6. The summed E-state index contributed by atoms with van der Waals surface area (Å²) in [7, 11) is 0. The van der Waals surface area contributed by atoms with Crippen molar-refractivity contribution in [3.8, 4) is 11.1 Å². The fraction of sp³-hybridized carbons (Fsp3) is 0.595. The molecule has 0 fully saturated rings. The minimum Gasteiger partial charge on any atom is -0.462 e. The summed E-state index contributed by atoms with van der Waals surface area (Å²) >= 11 is 0. The molecule has 7 nitrogen and oxygen atoms in total. The Kier molecular flexibility index (Phi) is 15.6. The lowest BCUT2D eigenvalue weighted by Crippen LogP contribution is -2.28. The van der Waals surface area contributed by atoms with Crippen LogP contribution in [-0.2, 0) is 9.47 Å². The van der Waals surface area contributed by atoms with Gasteiger partial charge in [-0.2, -0.15) is 0 Å². The smallest absolute Gasteiger partial charge is 0.338 e. The van der Waals surface area contributed by atoms with E-state index in [0.29, 0.717) is 41.0 Å². The van der Waals surface area contributed by atoms with E-state index in [0.717, 1.165) is 65.0 Å². The van der Waals surface area contributed by atoms with E-state index >= 15 is 0 Å². The van der Waals surface area contributed by atoms with E-state index < -0.39 is 11.9 Å². The predicted octanol–water partition coefficient (Wildman–Crippen LogP) is 7.80. The van der Waals surface area contributed by atoms with E-state index in [2.05, 4.69) is 37.5 Å². The maximum absolute atomic E-state index is 13.4. The third-order valence-electron chi connectivity index (χ3n) is 8.32. The SMILES string of the molecule is CCCCN(CCCC)CCCOC(=O)c1ccc2c(c1)-c1cccc(C(=O)OCCCN(CCCC)CCCC)c1C2=O. The molecule has 44 heavy (non-hydrogen) atoms. The van der Waals surface area contributed by atoms with Crippen LogP contribution in [0, 0.1) is 0 Å². The molecular formula is C37H54N2O5. The van der Waals surface area contributed by atoms with Crippen LogP contribution in [0.2, 0.25) is 0 Å². The van der Waals surface area contributed by atoms with Crippen LogP contribution in [0.25, 0.3) is 11.1 Å². The van der Waals surface area contributed by atoms with Crippen molar-refractivity contribution in [3.05, 3.63) is 58.7 Å². The molecule has 1 aliphatic rings. The van der Waals surface area contributed by atoms with Crippen molar-refractivity contribution < 1.29 is 23.9 Å². The maximum Gasteiger partial charge on any atom is 0.338 e. The van der Waals surface area contributed by atoms with Crippen molar-refractivity contribution in [3.63, 3.8) is 0 Å². The number of hydrogen-bond acceptors (Lipinski definition) is 7. The first-order valence-corrected chi connectivity index (χ1v) is 17.1. The van der Waals surface area contributed by atoms with Gasteiger partial charge in [0, 0.05) is 24.2 Å². The number of rotatable bonds is 22. The number of carbonyl (C=O) groups excluding carboxylic acids is 3. The number of esters is 2. The highest BCUT2D eigenvalue weighted by Gasteiger charge is 2.32. The highest BCUT2D eigenvalue weighted by Crippen LogP contribution is 2.39. The molecule has 0 unspecified atom stereocenters. The number of nitrogens with zero attached hydrogens (tertiary/aromatic N) is 2. The zero-order chi connectivity index (χ0) is 31.7. The normalized spacial score (nSPS) is 12.1. The number of hydrogen-bond donors (Lipinski definition) is 0. The second kappa shape index (κ2) is 19.4. The van der Waals surface area contributed by atoms with Crippen molar-refractivity contribution in [2.24, 2.45) is 0 Å². The van der Waals surface area contributed by atoms with Crippen LogP contribution in [0.1, 0.15) is 129 Å². The molecule has 0 amide bonds. The molecule has 3 rings (SSSR count). The van der Waals surface area contributed by atoms with Gasteiger partial charge in [-0.3, -0.25) is 4.79 Å². The lowest BCUT2D eigenvalue weighted by atomic mass is 10.0. The number of carbonyl (C=O) groups is 3. The van der Waals surface area contributed by atoms with Gasteiger partial charge in [-0.15, -0.1) is 0 Å². The third kappa shape index (κ3) is 10.3. The summed E-state index contributed by atoms with van der Waals surface area (Å²) in [5, 5.41) is 0. The lowest BCUT2D eigenvalue weighted by molar-refractivity contribution is 0.0477. The van der Waals surface area contributed by atoms with Crippen LogP contribution in [0.15, 0.2) is 36.4 Å². The third-order valence-corrected chi connectivity index (χ3v) is 8.32. The first kappa shape index (κ1) is 35.4. The number of unbranched alkanes of at least 4 members (excludes halogenated alkanes) is 4. The lowest BCUT2D eigenvalue weighted by Gasteiger charge is -2.21. The molecule has 0 aromatic heterocycles. The Hall–Kier alpha value is -3.03. The van der Waals surface area contributed by atoms with Gasteiger partial charge in [-0.05, 0) is 100 Å². The molecule has 7 heteroatoms. The minimum absolute atomic E-state index is 0.216. The summed E-state index contributed by atoms with van der Waals surface area (Å²) in [6, 6.07) is 10.3. The standard InChI is InChI=1S/C37H54N2O5/c1-5-9-20-38(21-10-6-2)24-14-26-43-36(41)29-18-19-31-33(28-29)30-16-13-17-32(34(30)35(31)40)37(42)44-27-15-25-39(22-11-7-3)23-12-8-4/h13,16-19,28H,5-12,14-15,20-27H2,1-4H3. The van der Waals surface area contributed by atoms with Gasteiger partial charge in [0.15, 0.2) is 5.78 Å². The van der Waals surface area contributed by atoms with E-state index in [1.165, 1.54) is 38.5 Å². The summed E-state index contributed by atoms with van der Waals surface area (Å²) in [4.78, 5) is 44.3. The van der Waals surface area contributed by atoms with E-state index in [-0.39, 0.29) is 11.3 Å². The van der Waals surface area contributed by atoms with E-state index in [4.69, 9.17) is 9.47 Å². The second-order valence-corrected chi connectivity index (χ2v) is 11.9. The minimum atomic E-state index is -0.483. The number of benzene rings is 2. The van der Waals surface area contributed by atoms with Crippen LogP contribution in [0.3, 0.4) is 0 Å². The molecule has 0 heterocycles. The first-order chi connectivity index (χ1) is 21.4. The number of ketones is 1. The summed E-state index contributed by atoms with van der Waals surface area (Å²) in [6.45, 7) is 15.5. The quantitative estimate of drug-likeness (QED) is 0.0853. The van der Waals surface area contributed by atoms with Gasteiger partial charge in [-0.1, -0.05) is 65.5 Å². The molecule has 0 saturated heterocycles. The van der Waals surface area contributed by atoms with Gasteiger partial charge in [0.2, 0.25) is 0 Å². The fourth-order valence-electron chi connectivity index (χ4n) is 5.68. The van der Waals surface area contributed by atoms with Gasteiger partial charge in [-0.25, -0.2) is 9.59 Å². The Morgan fingerprint density at radius 2 is 1.09 bits per heavy atom. The molecule has 2 aromatic carbocycles. The van der Waals surface area contributed by atoms with Crippen molar-refractivity contribution in [1.82, 2.24) is 9.80 Å². The summed E-state index contributed by atoms with van der Waals surface area (Å²) in [6.07, 6.45) is 10.9. The van der Waals surface area contributed by atoms with Crippen molar-refractivity contribution in [2.45, 2.75) is 91.9 Å². The monoisotopic (exact) mass is 606 g/mol. The average Bonchev–Trinajstić information content (AvgIpc) is 3.33. The highest BCUT2D eigenvalue weighted by atomic mass is 16.5. The summed E-state index contributed by atoms with van der Waals surface area (Å²) in [5.41, 5.74) is 2.83. The van der Waals surface area contributed by atoms with Crippen molar-refractivity contribution in [2.75, 3.05) is 52.5 Å². The van der Waals surface area contributed by atoms with Gasteiger partial charge >= 0.3 is 11.9 Å². The Morgan fingerprint density at radius 3 is 1.61 bits per heavy atom. The summed E-state index contributed by atoms with van der Waals surface area (Å²) < 4.78 is 11.3. The fourth-order valence-corrected chi connectivity index (χ4v) is 5.68. The predicted molar refractivity (Wildman–Crippen MR) is 178 cm³/mol. The van der Waals surface area contributed by atoms with Crippen LogP contribution < -0.4 is 0 Å². The first-order valence-electron chi connectivity index (χ1n) is 17.1. The molecule has 242 valence electrons. The number of ether oxygens (including phenoxy) is 2. The largest absolute Gasteiger partial charge is 0.462 e. The van der Waals surface area contributed by atoms with Gasteiger partial charge < -0.3 is 19.3 Å². The molecule has 0 saturated carbocycles. The zero-order valence-electron chi connectivity index (χ0n) is 27.6. The molecule has 0 bridgehead atoms. The van der Waals surface area contributed by atoms with Gasteiger partial charge in [0.1, 0.15) is 0 Å². The van der Waals surface area contributed by atoms with Crippen LogP contribution >= 0.6 is 0 Å². The van der Waals surface area contributed by atoms with Gasteiger partial charge in [0.25, 0.3) is 0 Å². The average molecular weight is 607 g/mol.